The first kappa shape index (κ1) is 26.8. The van der Waals surface area contributed by atoms with Crippen LogP contribution >= 0.6 is 11.6 Å². The number of anilines is 2. The first-order chi connectivity index (χ1) is 16.3. The van der Waals surface area contributed by atoms with Crippen molar-refractivity contribution in [2.45, 2.75) is 58.8 Å². The van der Waals surface area contributed by atoms with Crippen molar-refractivity contribution in [3.63, 3.8) is 0 Å². The average Bonchev–Trinajstić information content (AvgIpc) is 2.74. The summed E-state index contributed by atoms with van der Waals surface area (Å²) < 4.78 is 40.7. The van der Waals surface area contributed by atoms with Crippen LogP contribution in [0.15, 0.2) is 30.3 Å². The Morgan fingerprint density at radius 3 is 2.49 bits per heavy atom. The van der Waals surface area contributed by atoms with Gasteiger partial charge in [0.2, 0.25) is 0 Å². The van der Waals surface area contributed by atoms with E-state index in [1.54, 1.807) is 25.1 Å². The van der Waals surface area contributed by atoms with E-state index in [1.807, 2.05) is 13.8 Å². The monoisotopic (exact) mass is 508 g/mol. The van der Waals surface area contributed by atoms with Gasteiger partial charge in [-0.25, -0.2) is 9.97 Å². The van der Waals surface area contributed by atoms with E-state index >= 15 is 0 Å². The Kier molecular flexibility index (Phi) is 8.03. The highest BCUT2D eigenvalue weighted by Crippen LogP contribution is 2.40. The molecule has 0 radical (unpaired) electrons. The molecule has 4 N–H and O–H groups in total. The van der Waals surface area contributed by atoms with Gasteiger partial charge in [0, 0.05) is 23.2 Å². The van der Waals surface area contributed by atoms with Crippen molar-refractivity contribution in [1.29, 1.82) is 0 Å². The van der Waals surface area contributed by atoms with Crippen molar-refractivity contribution >= 4 is 34.0 Å². The van der Waals surface area contributed by atoms with Crippen LogP contribution in [0.5, 0.6) is 5.75 Å². The average molecular weight is 509 g/mol. The maximum atomic E-state index is 14.7. The highest BCUT2D eigenvalue weighted by Gasteiger charge is 2.47. The predicted molar refractivity (Wildman–Crippen MR) is 134 cm³/mol. The summed E-state index contributed by atoms with van der Waals surface area (Å²) in [6.07, 6.45) is 0.0915. The zero-order valence-corrected chi connectivity index (χ0v) is 21.2. The number of rotatable bonds is 10. The maximum absolute atomic E-state index is 14.7. The van der Waals surface area contributed by atoms with Crippen LogP contribution in [-0.2, 0) is 17.2 Å². The van der Waals surface area contributed by atoms with Crippen molar-refractivity contribution in [1.82, 2.24) is 9.97 Å². The van der Waals surface area contributed by atoms with E-state index in [4.69, 9.17) is 26.8 Å². The number of ether oxygens (including phenoxy) is 2. The predicted octanol–water partition coefficient (Wildman–Crippen LogP) is 5.45. The van der Waals surface area contributed by atoms with Crippen molar-refractivity contribution in [2.75, 3.05) is 24.3 Å². The fourth-order valence-electron chi connectivity index (χ4n) is 3.47. The Bertz CT molecular complexity index is 1200. The molecule has 190 valence electrons. The minimum atomic E-state index is -3.49. The largest absolute Gasteiger partial charge is 0.490 e. The van der Waals surface area contributed by atoms with E-state index in [-0.39, 0.29) is 23.9 Å². The molecule has 0 fully saturated rings. The number of aryl methyl sites for hydroxylation is 1. The maximum Gasteiger partial charge on any atom is 0.300 e. The molecule has 35 heavy (non-hydrogen) atoms. The molecule has 1 aromatic heterocycles. The van der Waals surface area contributed by atoms with Gasteiger partial charge in [-0.05, 0) is 70.5 Å². The van der Waals surface area contributed by atoms with Gasteiger partial charge < -0.3 is 25.6 Å². The van der Waals surface area contributed by atoms with Crippen molar-refractivity contribution in [3.05, 3.63) is 52.3 Å². The molecule has 0 saturated carbocycles. The van der Waals surface area contributed by atoms with Crippen molar-refractivity contribution in [3.8, 4) is 5.75 Å². The zero-order chi connectivity index (χ0) is 26.0. The van der Waals surface area contributed by atoms with Crippen molar-refractivity contribution in [2.24, 2.45) is 0 Å². The molecule has 1 heterocycles. The molecule has 0 aliphatic heterocycles. The van der Waals surface area contributed by atoms with E-state index < -0.39 is 11.5 Å². The molecule has 0 aliphatic rings. The summed E-state index contributed by atoms with van der Waals surface area (Å²) in [5.74, 6) is -2.03. The summed E-state index contributed by atoms with van der Waals surface area (Å²) >= 11 is 6.38. The fourth-order valence-corrected chi connectivity index (χ4v) is 3.68. The first-order valence-corrected chi connectivity index (χ1v) is 11.6. The lowest BCUT2D eigenvalue weighted by Crippen LogP contribution is -2.40. The number of aliphatic hydroxyl groups is 1. The number of nitrogens with two attached hydrogens (primary N) is 1. The number of nitrogen functional groups attached to an aromatic ring is 1. The van der Waals surface area contributed by atoms with Crippen LogP contribution < -0.4 is 15.8 Å². The highest BCUT2D eigenvalue weighted by atomic mass is 35.5. The van der Waals surface area contributed by atoms with Gasteiger partial charge in [0.1, 0.15) is 29.6 Å². The molecule has 0 bridgehead atoms. The third-order valence-electron chi connectivity index (χ3n) is 5.26. The molecule has 3 aromatic rings. The number of fused-ring (bicyclic) bond motifs is 1. The van der Waals surface area contributed by atoms with Gasteiger partial charge in [0.25, 0.3) is 0 Å². The normalized spacial score (nSPS) is 12.4. The Hall–Kier alpha value is -2.75. The molecule has 0 atom stereocenters. The summed E-state index contributed by atoms with van der Waals surface area (Å²) in [7, 11) is 0. The Morgan fingerprint density at radius 1 is 1.11 bits per heavy atom. The van der Waals surface area contributed by atoms with Gasteiger partial charge in [-0.2, -0.15) is 8.78 Å². The molecule has 0 aliphatic carbocycles. The molecule has 0 amide bonds. The van der Waals surface area contributed by atoms with E-state index in [0.717, 1.165) is 13.8 Å². The summed E-state index contributed by atoms with van der Waals surface area (Å²) in [5.41, 5.74) is 4.55. The highest BCUT2D eigenvalue weighted by molar-refractivity contribution is 6.32. The number of benzene rings is 2. The lowest BCUT2D eigenvalue weighted by atomic mass is 9.92. The SMILES string of the molecule is Cc1nc(NCc2cc(N)cc(C(F)(F)C(C)(C)O)c2)c2cc(OCCOC(C)C)c(Cl)cc2n1. The minimum absolute atomic E-state index is 0.0915. The smallest absolute Gasteiger partial charge is 0.300 e. The lowest BCUT2D eigenvalue weighted by molar-refractivity contribution is -0.168. The van der Waals surface area contributed by atoms with E-state index in [1.165, 1.54) is 12.1 Å². The Morgan fingerprint density at radius 2 is 1.83 bits per heavy atom. The van der Waals surface area contributed by atoms with Crippen LogP contribution in [-0.4, -0.2) is 40.0 Å². The van der Waals surface area contributed by atoms with Crippen LogP contribution in [0.4, 0.5) is 20.3 Å². The second-order valence-corrected chi connectivity index (χ2v) is 9.54. The minimum Gasteiger partial charge on any atom is -0.490 e. The third kappa shape index (κ3) is 6.48. The molecule has 10 heteroatoms. The lowest BCUT2D eigenvalue weighted by Gasteiger charge is -2.29. The quantitative estimate of drug-likeness (QED) is 0.247. The summed E-state index contributed by atoms with van der Waals surface area (Å²) in [4.78, 5) is 8.91. The summed E-state index contributed by atoms with van der Waals surface area (Å²) in [6, 6.07) is 7.51. The third-order valence-corrected chi connectivity index (χ3v) is 5.55. The standard InChI is InChI=1S/C25H31ClF2N4O3/c1-14(2)34-6-7-35-22-11-19-21(12-20(22)26)31-15(3)32-23(19)30-13-16-8-17(10-18(29)9-16)25(27,28)24(4,5)33/h8-12,14,33H,6-7,13,29H2,1-5H3,(H,30,31,32). The van der Waals surface area contributed by atoms with E-state index in [0.29, 0.717) is 52.1 Å². The van der Waals surface area contributed by atoms with Crippen molar-refractivity contribution < 1.29 is 23.4 Å². The van der Waals surface area contributed by atoms with Gasteiger partial charge in [-0.15, -0.1) is 0 Å². The first-order valence-electron chi connectivity index (χ1n) is 11.2. The molecular weight excluding hydrogens is 478 g/mol. The number of hydrogen-bond acceptors (Lipinski definition) is 7. The van der Waals surface area contributed by atoms with Crippen LogP contribution in [0.3, 0.4) is 0 Å². The summed E-state index contributed by atoms with van der Waals surface area (Å²) in [6.45, 7) is 8.63. The van der Waals surface area contributed by atoms with E-state index in [9.17, 15) is 13.9 Å². The summed E-state index contributed by atoms with van der Waals surface area (Å²) in [5, 5.41) is 14.2. The number of hydrogen-bond donors (Lipinski definition) is 3. The molecule has 0 unspecified atom stereocenters. The molecule has 0 spiro atoms. The Balaban J connectivity index is 1.88. The van der Waals surface area contributed by atoms with Gasteiger partial charge in [-0.1, -0.05) is 11.6 Å². The number of nitrogens with one attached hydrogen (secondary N) is 1. The second kappa shape index (κ2) is 10.5. The van der Waals surface area contributed by atoms with E-state index in [2.05, 4.69) is 15.3 Å². The number of alkyl halides is 2. The van der Waals surface area contributed by atoms with Crippen LogP contribution in [0, 0.1) is 6.92 Å². The second-order valence-electron chi connectivity index (χ2n) is 9.14. The van der Waals surface area contributed by atoms with Crippen LogP contribution in [0.2, 0.25) is 5.02 Å². The number of nitrogens with zero attached hydrogens (tertiary/aromatic N) is 2. The molecule has 0 saturated heterocycles. The zero-order valence-electron chi connectivity index (χ0n) is 20.5. The van der Waals surface area contributed by atoms with Crippen LogP contribution in [0.1, 0.15) is 44.6 Å². The number of halogens is 3. The molecule has 7 nitrogen and oxygen atoms in total. The van der Waals surface area contributed by atoms with Gasteiger partial charge >= 0.3 is 5.92 Å². The van der Waals surface area contributed by atoms with Gasteiger partial charge in [-0.3, -0.25) is 0 Å². The molecule has 3 rings (SSSR count). The van der Waals surface area contributed by atoms with Crippen LogP contribution in [0.25, 0.3) is 10.9 Å². The van der Waals surface area contributed by atoms with Gasteiger partial charge in [0.05, 0.1) is 23.3 Å². The topological polar surface area (TPSA) is 103 Å². The molecular formula is C25H31ClF2N4O3. The molecule has 2 aromatic carbocycles. The van der Waals surface area contributed by atoms with Gasteiger partial charge in [0.15, 0.2) is 0 Å². The fraction of sp³-hybridized carbons (Fsp3) is 0.440. The number of aromatic nitrogens is 2. The Labute approximate surface area is 208 Å².